The molecule has 0 bridgehead atoms. The fraction of sp³-hybridized carbons (Fsp3) is 0.333. The van der Waals surface area contributed by atoms with Crippen LogP contribution in [0.1, 0.15) is 31.9 Å². The Balaban J connectivity index is 3.32. The van der Waals surface area contributed by atoms with Gasteiger partial charge < -0.3 is 0 Å². The average molecular weight is 176 g/mol. The molecule has 0 spiro atoms. The lowest BCUT2D eigenvalue weighted by molar-refractivity contribution is 0.581. The van der Waals surface area contributed by atoms with Crippen molar-refractivity contribution in [3.8, 4) is 12.3 Å². The third kappa shape index (κ3) is 2.09. The van der Waals surface area contributed by atoms with Gasteiger partial charge >= 0.3 is 0 Å². The quantitative estimate of drug-likeness (QED) is 0.533. The zero-order valence-electron chi connectivity index (χ0n) is 8.19. The summed E-state index contributed by atoms with van der Waals surface area (Å²) in [5.41, 5.74) is 1.62. The van der Waals surface area contributed by atoms with Gasteiger partial charge in [-0.2, -0.15) is 0 Å². The third-order valence-electron chi connectivity index (χ3n) is 1.95. The van der Waals surface area contributed by atoms with Crippen molar-refractivity contribution in [1.82, 2.24) is 0 Å². The Morgan fingerprint density at radius 3 is 2.38 bits per heavy atom. The molecule has 68 valence electrons. The molecular weight excluding hydrogens is 163 g/mol. The summed E-state index contributed by atoms with van der Waals surface area (Å²) in [6, 6.07) is 4.60. The normalized spacial score (nSPS) is 11.0. The van der Waals surface area contributed by atoms with Crippen molar-refractivity contribution in [2.75, 3.05) is 0 Å². The van der Waals surface area contributed by atoms with Gasteiger partial charge in [-0.3, -0.25) is 0 Å². The molecule has 0 saturated carbocycles. The van der Waals surface area contributed by atoms with Crippen LogP contribution in [0.3, 0.4) is 0 Å². The first-order valence-corrected chi connectivity index (χ1v) is 4.22. The van der Waals surface area contributed by atoms with E-state index in [4.69, 9.17) is 6.42 Å². The van der Waals surface area contributed by atoms with E-state index in [9.17, 15) is 4.39 Å². The first-order valence-electron chi connectivity index (χ1n) is 4.22. The molecule has 0 amide bonds. The van der Waals surface area contributed by atoms with Crippen molar-refractivity contribution in [3.05, 3.63) is 35.1 Å². The van der Waals surface area contributed by atoms with Crippen molar-refractivity contribution in [3.63, 3.8) is 0 Å². The monoisotopic (exact) mass is 176 g/mol. The highest BCUT2D eigenvalue weighted by molar-refractivity contribution is 5.43. The fourth-order valence-electron chi connectivity index (χ4n) is 1.29. The summed E-state index contributed by atoms with van der Waals surface area (Å²) in [6.07, 6.45) is 5.30. The highest BCUT2D eigenvalue weighted by Crippen LogP contribution is 2.25. The van der Waals surface area contributed by atoms with Crippen LogP contribution in [0.2, 0.25) is 0 Å². The Kier molecular flexibility index (Phi) is 2.43. The van der Waals surface area contributed by atoms with E-state index in [1.807, 2.05) is 0 Å². The molecule has 0 saturated heterocycles. The zero-order valence-corrected chi connectivity index (χ0v) is 8.19. The molecule has 1 heteroatoms. The van der Waals surface area contributed by atoms with Crippen molar-refractivity contribution >= 4 is 0 Å². The summed E-state index contributed by atoms with van der Waals surface area (Å²) in [6.45, 7) is 6.17. The number of hydrogen-bond acceptors (Lipinski definition) is 0. The molecule has 0 nitrogen and oxygen atoms in total. The average Bonchev–Trinajstić information content (AvgIpc) is 2.01. The Hall–Kier alpha value is -1.29. The molecule has 0 aromatic heterocycles. The number of hydrogen-bond donors (Lipinski definition) is 0. The zero-order chi connectivity index (χ0) is 10.1. The van der Waals surface area contributed by atoms with E-state index in [1.165, 1.54) is 12.1 Å². The van der Waals surface area contributed by atoms with Crippen LogP contribution < -0.4 is 0 Å². The molecule has 13 heavy (non-hydrogen) atoms. The third-order valence-corrected chi connectivity index (χ3v) is 1.95. The van der Waals surface area contributed by atoms with Gasteiger partial charge in [-0.05, 0) is 23.1 Å². The summed E-state index contributed by atoms with van der Waals surface area (Å²) >= 11 is 0. The lowest BCUT2D eigenvalue weighted by Gasteiger charge is -2.20. The van der Waals surface area contributed by atoms with Crippen LogP contribution in [0.5, 0.6) is 0 Å². The highest BCUT2D eigenvalue weighted by atomic mass is 19.1. The predicted octanol–water partition coefficient (Wildman–Crippen LogP) is 3.10. The van der Waals surface area contributed by atoms with Gasteiger partial charge in [-0.25, -0.2) is 4.39 Å². The topological polar surface area (TPSA) is 0 Å². The largest absolute Gasteiger partial charge is 0.207 e. The predicted molar refractivity (Wildman–Crippen MR) is 53.0 cm³/mol. The van der Waals surface area contributed by atoms with Crippen LogP contribution in [0.15, 0.2) is 18.2 Å². The van der Waals surface area contributed by atoms with E-state index in [-0.39, 0.29) is 11.2 Å². The lowest BCUT2D eigenvalue weighted by Crippen LogP contribution is -2.13. The van der Waals surface area contributed by atoms with Gasteiger partial charge in [0.1, 0.15) is 5.82 Å². The Morgan fingerprint density at radius 1 is 1.31 bits per heavy atom. The van der Waals surface area contributed by atoms with Gasteiger partial charge in [0.2, 0.25) is 0 Å². The SMILES string of the molecule is C#Cc1cc(F)ccc1C(C)(C)C. The van der Waals surface area contributed by atoms with Gasteiger partial charge in [-0.1, -0.05) is 32.8 Å². The minimum atomic E-state index is -0.277. The molecule has 0 fully saturated rings. The number of rotatable bonds is 0. The van der Waals surface area contributed by atoms with Crippen LogP contribution in [-0.4, -0.2) is 0 Å². The van der Waals surface area contributed by atoms with E-state index in [0.717, 1.165) is 5.56 Å². The van der Waals surface area contributed by atoms with E-state index < -0.39 is 0 Å². The van der Waals surface area contributed by atoms with E-state index in [1.54, 1.807) is 6.07 Å². The maximum atomic E-state index is 12.8. The van der Waals surface area contributed by atoms with Crippen LogP contribution in [0.4, 0.5) is 4.39 Å². The molecule has 0 N–H and O–H groups in total. The van der Waals surface area contributed by atoms with Gasteiger partial charge in [0.25, 0.3) is 0 Å². The van der Waals surface area contributed by atoms with Crippen LogP contribution in [0, 0.1) is 18.2 Å². The minimum Gasteiger partial charge on any atom is -0.207 e. The Bertz CT molecular complexity index is 350. The molecule has 1 aromatic rings. The highest BCUT2D eigenvalue weighted by Gasteiger charge is 2.17. The molecule has 0 heterocycles. The Labute approximate surface area is 78.8 Å². The Morgan fingerprint density at radius 2 is 1.92 bits per heavy atom. The first kappa shape index (κ1) is 9.80. The van der Waals surface area contributed by atoms with Crippen LogP contribution in [-0.2, 0) is 5.41 Å². The van der Waals surface area contributed by atoms with Gasteiger partial charge in [0, 0.05) is 5.56 Å². The van der Waals surface area contributed by atoms with Crippen LogP contribution in [0.25, 0.3) is 0 Å². The second kappa shape index (κ2) is 3.22. The molecule has 0 aliphatic heterocycles. The van der Waals surface area contributed by atoms with Gasteiger partial charge in [-0.15, -0.1) is 6.42 Å². The van der Waals surface area contributed by atoms with E-state index >= 15 is 0 Å². The van der Waals surface area contributed by atoms with Crippen LogP contribution >= 0.6 is 0 Å². The van der Waals surface area contributed by atoms with Crippen molar-refractivity contribution in [2.45, 2.75) is 26.2 Å². The molecule has 0 aliphatic rings. The second-order valence-electron chi connectivity index (χ2n) is 4.08. The number of benzene rings is 1. The fourth-order valence-corrected chi connectivity index (χ4v) is 1.29. The van der Waals surface area contributed by atoms with Gasteiger partial charge in [0.05, 0.1) is 0 Å². The molecular formula is C12H13F. The summed E-state index contributed by atoms with van der Waals surface area (Å²) in [5, 5.41) is 0. The molecule has 1 rings (SSSR count). The van der Waals surface area contributed by atoms with Crippen molar-refractivity contribution in [1.29, 1.82) is 0 Å². The maximum absolute atomic E-state index is 12.8. The standard InChI is InChI=1S/C12H13F/c1-5-9-8-10(13)6-7-11(9)12(2,3)4/h1,6-8H,2-4H3. The molecule has 0 unspecified atom stereocenters. The first-order chi connectivity index (χ1) is 5.95. The number of terminal acetylenes is 1. The molecule has 0 atom stereocenters. The molecule has 0 radical (unpaired) electrons. The maximum Gasteiger partial charge on any atom is 0.124 e. The van der Waals surface area contributed by atoms with Gasteiger partial charge in [0.15, 0.2) is 0 Å². The smallest absolute Gasteiger partial charge is 0.124 e. The second-order valence-corrected chi connectivity index (χ2v) is 4.08. The summed E-state index contributed by atoms with van der Waals surface area (Å²) in [5.74, 6) is 2.23. The van der Waals surface area contributed by atoms with Crippen molar-refractivity contribution in [2.24, 2.45) is 0 Å². The van der Waals surface area contributed by atoms with Crippen molar-refractivity contribution < 1.29 is 4.39 Å². The lowest BCUT2D eigenvalue weighted by atomic mass is 9.84. The summed E-state index contributed by atoms with van der Waals surface area (Å²) in [4.78, 5) is 0. The summed E-state index contributed by atoms with van der Waals surface area (Å²) < 4.78 is 12.8. The molecule has 1 aromatic carbocycles. The molecule has 0 aliphatic carbocycles. The van der Waals surface area contributed by atoms with E-state index in [0.29, 0.717) is 5.56 Å². The minimum absolute atomic E-state index is 0.0323. The van der Waals surface area contributed by atoms with E-state index in [2.05, 4.69) is 26.7 Å². The summed E-state index contributed by atoms with van der Waals surface area (Å²) in [7, 11) is 0. The number of halogens is 1.